The maximum absolute atomic E-state index is 12.2. The molecule has 0 N–H and O–H groups in total. The molecule has 0 aromatic heterocycles. The van der Waals surface area contributed by atoms with Gasteiger partial charge in [0.25, 0.3) is 0 Å². The lowest BCUT2D eigenvalue weighted by molar-refractivity contribution is -0.165. The molecular weight excluding hydrogens is 588 g/mol. The van der Waals surface area contributed by atoms with E-state index in [1.54, 1.807) is 0 Å². The zero-order valence-electron chi connectivity index (χ0n) is 31.0. The Labute approximate surface area is 290 Å². The molecule has 0 radical (unpaired) electrons. The summed E-state index contributed by atoms with van der Waals surface area (Å²) >= 11 is 0. The van der Waals surface area contributed by atoms with Crippen molar-refractivity contribution in [3.8, 4) is 0 Å². The summed E-state index contributed by atoms with van der Waals surface area (Å²) in [5.74, 6) is -1.10. The number of carbonyl (C=O) groups excluding carboxylic acids is 3. The van der Waals surface area contributed by atoms with Crippen LogP contribution in [0.5, 0.6) is 0 Å². The molecule has 0 spiro atoms. The number of allylic oxidation sites excluding steroid dienone is 4. The van der Waals surface area contributed by atoms with E-state index in [2.05, 4.69) is 38.2 Å². The Hall–Kier alpha value is -2.11. The largest absolute Gasteiger partial charge is 0.462 e. The normalized spacial score (nSPS) is 11.6. The summed E-state index contributed by atoms with van der Waals surface area (Å²) in [4.78, 5) is 35.9. The number of hydrogen-bond donors (Lipinski definition) is 0. The van der Waals surface area contributed by atoms with Crippen molar-refractivity contribution in [2.45, 2.75) is 207 Å². The Bertz CT molecular complexity index is 718. The van der Waals surface area contributed by atoms with Gasteiger partial charge in [0.15, 0.2) is 6.10 Å². The fraction of sp³-hybridized carbons (Fsp3) is 0.829. The van der Waals surface area contributed by atoms with Gasteiger partial charge in [-0.3, -0.25) is 14.4 Å². The third-order valence-corrected chi connectivity index (χ3v) is 8.48. The minimum absolute atomic E-state index is 0.0931. The van der Waals surface area contributed by atoms with Crippen LogP contribution in [0.15, 0.2) is 24.3 Å². The average Bonchev–Trinajstić information content (AvgIpc) is 3.05. The van der Waals surface area contributed by atoms with Crippen LogP contribution in [0.1, 0.15) is 201 Å². The maximum Gasteiger partial charge on any atom is 0.305 e. The summed E-state index contributed by atoms with van der Waals surface area (Å²) in [6.07, 6.45) is 40.6. The van der Waals surface area contributed by atoms with E-state index in [-0.39, 0.29) is 25.2 Å². The van der Waals surface area contributed by atoms with E-state index in [4.69, 9.17) is 14.2 Å². The van der Waals surface area contributed by atoms with Crippen molar-refractivity contribution in [1.29, 1.82) is 0 Å². The van der Waals surface area contributed by atoms with Gasteiger partial charge in [0.05, 0.1) is 0 Å². The lowest BCUT2D eigenvalue weighted by atomic mass is 10.1. The topological polar surface area (TPSA) is 78.9 Å². The van der Waals surface area contributed by atoms with Crippen molar-refractivity contribution in [2.24, 2.45) is 0 Å². The number of rotatable bonds is 35. The number of unbranched alkanes of at least 4 members (excludes halogenated alkanes) is 22. The Morgan fingerprint density at radius 2 is 0.745 bits per heavy atom. The van der Waals surface area contributed by atoms with Gasteiger partial charge in [-0.1, -0.05) is 141 Å². The van der Waals surface area contributed by atoms with Gasteiger partial charge in [-0.05, 0) is 64.2 Å². The number of hydrogen-bond acceptors (Lipinski definition) is 6. The molecule has 0 aromatic rings. The summed E-state index contributed by atoms with van der Waals surface area (Å²) < 4.78 is 15.9. The molecule has 6 nitrogen and oxygen atoms in total. The van der Waals surface area contributed by atoms with Crippen LogP contribution in [-0.2, 0) is 28.6 Å². The maximum atomic E-state index is 12.2. The summed E-state index contributed by atoms with van der Waals surface area (Å²) in [7, 11) is 0. The lowest BCUT2D eigenvalue weighted by Gasteiger charge is -2.17. The second-order valence-electron chi connectivity index (χ2n) is 13.3. The van der Waals surface area contributed by atoms with Crippen LogP contribution in [0, 0.1) is 0 Å². The van der Waals surface area contributed by atoms with E-state index in [1.807, 2.05) is 0 Å². The van der Waals surface area contributed by atoms with Crippen LogP contribution in [0.3, 0.4) is 0 Å². The van der Waals surface area contributed by atoms with E-state index >= 15 is 0 Å². The molecule has 0 aliphatic heterocycles. The smallest absolute Gasteiger partial charge is 0.305 e. The third-order valence-electron chi connectivity index (χ3n) is 8.48. The van der Waals surface area contributed by atoms with Crippen molar-refractivity contribution < 1.29 is 28.6 Å². The van der Waals surface area contributed by atoms with Gasteiger partial charge in [-0.15, -0.1) is 0 Å². The molecule has 0 fully saturated rings. The SMILES string of the molecule is CCCCCCCC/C=C\CCCCCCCC(=O)OCC(COC(=O)CCCCCCC/C=C\CCCCCCCC)OC(C)=O. The molecule has 0 saturated carbocycles. The molecule has 0 aliphatic carbocycles. The van der Waals surface area contributed by atoms with E-state index in [0.29, 0.717) is 12.8 Å². The fourth-order valence-corrected chi connectivity index (χ4v) is 5.55. The van der Waals surface area contributed by atoms with Gasteiger partial charge in [0.1, 0.15) is 13.2 Å². The van der Waals surface area contributed by atoms with E-state index in [0.717, 1.165) is 51.4 Å². The zero-order chi connectivity index (χ0) is 34.5. The zero-order valence-corrected chi connectivity index (χ0v) is 31.0. The summed E-state index contributed by atoms with van der Waals surface area (Å²) in [5, 5.41) is 0. The Morgan fingerprint density at radius 1 is 0.447 bits per heavy atom. The lowest BCUT2D eigenvalue weighted by Crippen LogP contribution is -2.30. The van der Waals surface area contributed by atoms with Gasteiger partial charge in [0, 0.05) is 19.8 Å². The highest BCUT2D eigenvalue weighted by Crippen LogP contribution is 2.12. The van der Waals surface area contributed by atoms with Crippen LogP contribution >= 0.6 is 0 Å². The Morgan fingerprint density at radius 3 is 1.06 bits per heavy atom. The van der Waals surface area contributed by atoms with Gasteiger partial charge in [0.2, 0.25) is 0 Å². The van der Waals surface area contributed by atoms with Crippen molar-refractivity contribution in [1.82, 2.24) is 0 Å². The van der Waals surface area contributed by atoms with Crippen LogP contribution < -0.4 is 0 Å². The predicted octanol–water partition coefficient (Wildman–Crippen LogP) is 12.1. The van der Waals surface area contributed by atoms with Crippen LogP contribution in [0.4, 0.5) is 0 Å². The highest BCUT2D eigenvalue weighted by atomic mass is 16.6. The predicted molar refractivity (Wildman–Crippen MR) is 196 cm³/mol. The van der Waals surface area contributed by atoms with Crippen LogP contribution in [0.2, 0.25) is 0 Å². The number of esters is 3. The first-order chi connectivity index (χ1) is 23.0. The fourth-order valence-electron chi connectivity index (χ4n) is 5.55. The average molecular weight is 663 g/mol. The molecular formula is C41H74O6. The van der Waals surface area contributed by atoms with E-state index in [9.17, 15) is 14.4 Å². The van der Waals surface area contributed by atoms with Crippen LogP contribution in [0.25, 0.3) is 0 Å². The standard InChI is InChI=1S/C41H74O6/c1-4-6-8-10-12-14-16-18-20-22-24-26-28-30-32-34-40(43)45-36-39(47-38(3)42)37-46-41(44)35-33-31-29-27-25-23-21-19-17-15-13-11-9-7-5-2/h18-21,39H,4-17,22-37H2,1-3H3/b20-18-,21-19-. The number of ether oxygens (including phenoxy) is 3. The Kier molecular flexibility index (Phi) is 35.1. The molecule has 0 bridgehead atoms. The van der Waals surface area contributed by atoms with Crippen LogP contribution in [-0.4, -0.2) is 37.2 Å². The number of carbonyl (C=O) groups is 3. The van der Waals surface area contributed by atoms with Crippen molar-refractivity contribution in [2.75, 3.05) is 13.2 Å². The minimum Gasteiger partial charge on any atom is -0.462 e. The van der Waals surface area contributed by atoms with Gasteiger partial charge in [-0.25, -0.2) is 0 Å². The van der Waals surface area contributed by atoms with Gasteiger partial charge < -0.3 is 14.2 Å². The highest BCUT2D eigenvalue weighted by Gasteiger charge is 2.17. The minimum atomic E-state index is -0.774. The molecule has 6 heteroatoms. The Balaban J connectivity index is 3.77. The highest BCUT2D eigenvalue weighted by molar-refractivity contribution is 5.70. The van der Waals surface area contributed by atoms with E-state index < -0.39 is 12.1 Å². The third kappa shape index (κ3) is 36.6. The molecule has 0 amide bonds. The van der Waals surface area contributed by atoms with Gasteiger partial charge >= 0.3 is 17.9 Å². The first-order valence-electron chi connectivity index (χ1n) is 19.8. The monoisotopic (exact) mass is 663 g/mol. The molecule has 0 heterocycles. The second-order valence-corrected chi connectivity index (χ2v) is 13.3. The van der Waals surface area contributed by atoms with Crippen molar-refractivity contribution in [3.63, 3.8) is 0 Å². The first kappa shape index (κ1) is 44.9. The first-order valence-corrected chi connectivity index (χ1v) is 19.8. The molecule has 0 atom stereocenters. The van der Waals surface area contributed by atoms with Gasteiger partial charge in [-0.2, -0.15) is 0 Å². The summed E-state index contributed by atoms with van der Waals surface area (Å²) in [6, 6.07) is 0. The molecule has 0 rings (SSSR count). The molecule has 0 aliphatic rings. The summed E-state index contributed by atoms with van der Waals surface area (Å²) in [5.41, 5.74) is 0. The second kappa shape index (κ2) is 36.7. The van der Waals surface area contributed by atoms with Crippen molar-refractivity contribution >= 4 is 17.9 Å². The molecule has 0 aromatic carbocycles. The molecule has 47 heavy (non-hydrogen) atoms. The molecule has 0 unspecified atom stereocenters. The molecule has 274 valence electrons. The quantitative estimate of drug-likeness (QED) is 0.0291. The summed E-state index contributed by atoms with van der Waals surface area (Å²) in [6.45, 7) is 5.62. The van der Waals surface area contributed by atoms with E-state index in [1.165, 1.54) is 122 Å². The molecule has 0 saturated heterocycles. The van der Waals surface area contributed by atoms with Crippen molar-refractivity contribution in [3.05, 3.63) is 24.3 Å².